The first-order valence-corrected chi connectivity index (χ1v) is 6.83. The summed E-state index contributed by atoms with van der Waals surface area (Å²) in [5, 5.41) is 3.11. The number of methoxy groups -OCH3 is 1. The van der Waals surface area contributed by atoms with Gasteiger partial charge in [0.2, 0.25) is 0 Å². The third-order valence-electron chi connectivity index (χ3n) is 3.12. The Morgan fingerprint density at radius 3 is 2.71 bits per heavy atom. The third kappa shape index (κ3) is 3.69. The molecule has 112 valence electrons. The van der Waals surface area contributed by atoms with Gasteiger partial charge in [0.1, 0.15) is 6.10 Å². The molecule has 1 atom stereocenters. The second kappa shape index (κ2) is 6.53. The zero-order chi connectivity index (χ0) is 15.4. The van der Waals surface area contributed by atoms with Crippen LogP contribution in [0.1, 0.15) is 17.3 Å². The van der Waals surface area contributed by atoms with Crippen LogP contribution in [-0.4, -0.2) is 43.4 Å². The topological polar surface area (TPSA) is 67.9 Å². The summed E-state index contributed by atoms with van der Waals surface area (Å²) < 4.78 is 10.1. The summed E-state index contributed by atoms with van der Waals surface area (Å²) in [6.07, 6.45) is -0.723. The molecular weight excluding hydrogens is 292 g/mol. The number of nitrogens with one attached hydrogen (secondary N) is 1. The number of amides is 1. The first kappa shape index (κ1) is 15.2. The van der Waals surface area contributed by atoms with Gasteiger partial charge in [-0.05, 0) is 43.4 Å². The standard InChI is InChI=1S/C14H16N2O4S/c1-9(17)10-3-5-11(6-4-10)16-8-12(20-14(16)18)7-15-13(21)19-2/h3-6,12H,7-8H2,1-2H3,(H,15,21)/t12-/m0/s1. The van der Waals surface area contributed by atoms with Crippen LogP contribution < -0.4 is 10.2 Å². The highest BCUT2D eigenvalue weighted by Crippen LogP contribution is 2.22. The Labute approximate surface area is 128 Å². The van der Waals surface area contributed by atoms with Crippen molar-refractivity contribution >= 4 is 35.0 Å². The molecule has 21 heavy (non-hydrogen) atoms. The number of nitrogens with zero attached hydrogens (tertiary/aromatic N) is 1. The van der Waals surface area contributed by atoms with E-state index in [0.717, 1.165) is 0 Å². The van der Waals surface area contributed by atoms with Gasteiger partial charge in [0.25, 0.3) is 5.17 Å². The van der Waals surface area contributed by atoms with Crippen LogP contribution in [0, 0.1) is 0 Å². The number of ketones is 1. The van der Waals surface area contributed by atoms with Gasteiger partial charge < -0.3 is 14.8 Å². The molecule has 1 aromatic carbocycles. The van der Waals surface area contributed by atoms with Gasteiger partial charge in [0, 0.05) is 11.3 Å². The van der Waals surface area contributed by atoms with Crippen molar-refractivity contribution in [2.75, 3.05) is 25.1 Å². The predicted molar refractivity (Wildman–Crippen MR) is 81.7 cm³/mol. The fourth-order valence-corrected chi connectivity index (χ4v) is 2.07. The van der Waals surface area contributed by atoms with Gasteiger partial charge in [-0.25, -0.2) is 4.79 Å². The lowest BCUT2D eigenvalue weighted by atomic mass is 10.1. The number of anilines is 1. The number of rotatable bonds is 4. The summed E-state index contributed by atoms with van der Waals surface area (Å²) in [6.45, 7) is 2.30. The molecular formula is C14H16N2O4S. The molecule has 0 saturated carbocycles. The molecule has 0 radical (unpaired) electrons. The molecule has 0 aromatic heterocycles. The molecule has 1 fully saturated rings. The van der Waals surface area contributed by atoms with E-state index in [1.54, 1.807) is 24.3 Å². The molecule has 0 bridgehead atoms. The number of cyclic esters (lactones) is 1. The Kier molecular flexibility index (Phi) is 4.74. The van der Waals surface area contributed by atoms with Crippen molar-refractivity contribution in [2.45, 2.75) is 13.0 Å². The van der Waals surface area contributed by atoms with Gasteiger partial charge in [0.15, 0.2) is 5.78 Å². The monoisotopic (exact) mass is 308 g/mol. The van der Waals surface area contributed by atoms with Crippen molar-refractivity contribution in [3.05, 3.63) is 29.8 Å². The van der Waals surface area contributed by atoms with Crippen LogP contribution in [0.4, 0.5) is 10.5 Å². The van der Waals surface area contributed by atoms with Crippen LogP contribution in [0.2, 0.25) is 0 Å². The average Bonchev–Trinajstić information content (AvgIpc) is 2.86. The molecule has 1 amide bonds. The lowest BCUT2D eigenvalue weighted by Crippen LogP contribution is -2.34. The number of hydrogen-bond acceptors (Lipinski definition) is 5. The van der Waals surface area contributed by atoms with E-state index in [1.807, 2.05) is 0 Å². The average molecular weight is 308 g/mol. The Morgan fingerprint density at radius 1 is 1.48 bits per heavy atom. The van der Waals surface area contributed by atoms with Crippen LogP contribution in [-0.2, 0) is 9.47 Å². The highest BCUT2D eigenvalue weighted by molar-refractivity contribution is 7.80. The summed E-state index contributed by atoms with van der Waals surface area (Å²) in [5.74, 6) is -0.0132. The zero-order valence-electron chi connectivity index (χ0n) is 11.8. The van der Waals surface area contributed by atoms with Gasteiger partial charge in [-0.3, -0.25) is 9.69 Å². The Morgan fingerprint density at radius 2 is 2.14 bits per heavy atom. The van der Waals surface area contributed by atoms with Crippen LogP contribution >= 0.6 is 12.2 Å². The number of benzene rings is 1. The third-order valence-corrected chi connectivity index (χ3v) is 3.43. The highest BCUT2D eigenvalue weighted by atomic mass is 32.1. The van der Waals surface area contributed by atoms with Crippen molar-refractivity contribution in [2.24, 2.45) is 0 Å². The minimum absolute atomic E-state index is 0.0132. The van der Waals surface area contributed by atoms with E-state index in [9.17, 15) is 9.59 Å². The maximum Gasteiger partial charge on any atom is 0.414 e. The van der Waals surface area contributed by atoms with Gasteiger partial charge >= 0.3 is 6.09 Å². The second-order valence-corrected chi connectivity index (χ2v) is 4.96. The lowest BCUT2D eigenvalue weighted by Gasteiger charge is -2.13. The minimum Gasteiger partial charge on any atom is -0.474 e. The van der Waals surface area contributed by atoms with Crippen LogP contribution in [0.25, 0.3) is 0 Å². The molecule has 1 aliphatic rings. The second-order valence-electron chi connectivity index (χ2n) is 4.59. The molecule has 0 aliphatic carbocycles. The van der Waals surface area contributed by atoms with Crippen molar-refractivity contribution in [3.8, 4) is 0 Å². The maximum absolute atomic E-state index is 11.9. The van der Waals surface area contributed by atoms with Crippen LogP contribution in [0.3, 0.4) is 0 Å². The number of ether oxygens (including phenoxy) is 2. The molecule has 1 N–H and O–H groups in total. The molecule has 7 heteroatoms. The highest BCUT2D eigenvalue weighted by Gasteiger charge is 2.32. The number of Topliss-reactive ketones (excluding diaryl/α,β-unsaturated/α-hetero) is 1. The van der Waals surface area contributed by atoms with Gasteiger partial charge in [-0.1, -0.05) is 0 Å². The fraction of sp³-hybridized carbons (Fsp3) is 0.357. The van der Waals surface area contributed by atoms with Gasteiger partial charge in [-0.2, -0.15) is 0 Å². The van der Waals surface area contributed by atoms with E-state index < -0.39 is 6.09 Å². The SMILES string of the molecule is COC(=S)NC[C@H]1CN(c2ccc(C(C)=O)cc2)C(=O)O1. The molecule has 1 aromatic rings. The van der Waals surface area contributed by atoms with Crippen molar-refractivity contribution in [3.63, 3.8) is 0 Å². The molecule has 6 nitrogen and oxygen atoms in total. The Balaban J connectivity index is 1.99. The maximum atomic E-state index is 11.9. The first-order chi connectivity index (χ1) is 10.0. The van der Waals surface area contributed by atoms with Crippen molar-refractivity contribution < 1.29 is 19.1 Å². The van der Waals surface area contributed by atoms with E-state index in [0.29, 0.717) is 24.3 Å². The van der Waals surface area contributed by atoms with E-state index in [1.165, 1.54) is 18.9 Å². The van der Waals surface area contributed by atoms with Crippen LogP contribution in [0.5, 0.6) is 0 Å². The molecule has 2 rings (SSSR count). The first-order valence-electron chi connectivity index (χ1n) is 6.42. The van der Waals surface area contributed by atoms with Gasteiger partial charge in [-0.15, -0.1) is 0 Å². The Bertz CT molecular complexity index is 559. The zero-order valence-corrected chi connectivity index (χ0v) is 12.6. The predicted octanol–water partition coefficient (Wildman–Crippen LogP) is 1.74. The molecule has 0 unspecified atom stereocenters. The molecule has 1 saturated heterocycles. The molecule has 0 spiro atoms. The largest absolute Gasteiger partial charge is 0.474 e. The van der Waals surface area contributed by atoms with Crippen LogP contribution in [0.15, 0.2) is 24.3 Å². The van der Waals surface area contributed by atoms with E-state index in [2.05, 4.69) is 5.32 Å². The number of thiocarbonyl (C=S) groups is 1. The van der Waals surface area contributed by atoms with Crippen molar-refractivity contribution in [1.29, 1.82) is 0 Å². The van der Waals surface area contributed by atoms with Gasteiger partial charge in [0.05, 0.1) is 20.2 Å². The summed E-state index contributed by atoms with van der Waals surface area (Å²) in [5.41, 5.74) is 1.30. The smallest absolute Gasteiger partial charge is 0.414 e. The van der Waals surface area contributed by atoms with E-state index in [4.69, 9.17) is 21.7 Å². The van der Waals surface area contributed by atoms with Crippen molar-refractivity contribution in [1.82, 2.24) is 5.32 Å². The fourth-order valence-electron chi connectivity index (χ4n) is 1.98. The Hall–Kier alpha value is -2.15. The normalized spacial score (nSPS) is 17.3. The number of carbonyl (C=O) groups excluding carboxylic acids is 2. The lowest BCUT2D eigenvalue weighted by molar-refractivity contribution is 0.101. The van der Waals surface area contributed by atoms with E-state index in [-0.39, 0.29) is 17.1 Å². The summed E-state index contributed by atoms with van der Waals surface area (Å²) in [7, 11) is 1.47. The minimum atomic E-state index is -0.416. The molecule has 1 heterocycles. The number of hydrogen-bond donors (Lipinski definition) is 1. The quantitative estimate of drug-likeness (QED) is 0.675. The summed E-state index contributed by atoms with van der Waals surface area (Å²) >= 11 is 4.86. The summed E-state index contributed by atoms with van der Waals surface area (Å²) in [4.78, 5) is 24.6. The number of carbonyl (C=O) groups is 2. The molecule has 1 aliphatic heterocycles. The van der Waals surface area contributed by atoms with E-state index >= 15 is 0 Å². The summed E-state index contributed by atoms with van der Waals surface area (Å²) in [6, 6.07) is 6.84.